The van der Waals surface area contributed by atoms with Crippen LogP contribution in [0.1, 0.15) is 30.4 Å². The molecule has 0 radical (unpaired) electrons. The smallest absolute Gasteiger partial charge is 0.180 e. The van der Waals surface area contributed by atoms with Crippen LogP contribution in [0.3, 0.4) is 0 Å². The van der Waals surface area contributed by atoms with Gasteiger partial charge in [-0.15, -0.1) is 0 Å². The molecule has 3 rings (SSSR count). The van der Waals surface area contributed by atoms with E-state index < -0.39 is 0 Å². The van der Waals surface area contributed by atoms with E-state index in [2.05, 4.69) is 4.90 Å². The highest BCUT2D eigenvalue weighted by Gasteiger charge is 2.19. The Morgan fingerprint density at radius 3 is 2.52 bits per heavy atom. The number of hydrogen-bond donors (Lipinski definition) is 0. The maximum absolute atomic E-state index is 6.48. The van der Waals surface area contributed by atoms with Crippen molar-refractivity contribution in [2.75, 3.05) is 20.2 Å². The van der Waals surface area contributed by atoms with Crippen LogP contribution < -0.4 is 9.47 Å². The Morgan fingerprint density at radius 1 is 1.12 bits per heavy atom. The molecule has 0 saturated carbocycles. The lowest BCUT2D eigenvalue weighted by Gasteiger charge is -2.29. The zero-order valence-electron chi connectivity index (χ0n) is 14.3. The van der Waals surface area contributed by atoms with Gasteiger partial charge in [0, 0.05) is 18.7 Å². The number of thiocarbonyl (C=S) groups is 1. The molecule has 0 aromatic heterocycles. The van der Waals surface area contributed by atoms with Crippen molar-refractivity contribution < 1.29 is 9.47 Å². The first-order valence-electron chi connectivity index (χ1n) is 8.52. The molecule has 2 aromatic rings. The highest BCUT2D eigenvalue weighted by Crippen LogP contribution is 2.37. The molecule has 0 unspecified atom stereocenters. The minimum atomic E-state index is 0.437. The minimum absolute atomic E-state index is 0.437. The zero-order chi connectivity index (χ0) is 17.6. The van der Waals surface area contributed by atoms with Gasteiger partial charge in [-0.2, -0.15) is 0 Å². The van der Waals surface area contributed by atoms with Gasteiger partial charge in [0.25, 0.3) is 0 Å². The number of halogens is 1. The van der Waals surface area contributed by atoms with Crippen molar-refractivity contribution in [1.82, 2.24) is 4.90 Å². The van der Waals surface area contributed by atoms with Crippen LogP contribution in [0.25, 0.3) is 0 Å². The first-order valence-corrected chi connectivity index (χ1v) is 9.31. The van der Waals surface area contributed by atoms with Crippen LogP contribution >= 0.6 is 23.8 Å². The molecule has 0 aliphatic carbocycles. The standard InChI is InChI=1S/C20H22ClNO2S/c1-23-18-13-16(20(25)22-10-6-3-7-11-22)12-17(21)19(18)24-14-15-8-4-2-5-9-15/h2,4-5,8-9,12-13H,3,6-7,10-11,14H2,1H3. The Kier molecular flexibility index (Phi) is 6.16. The number of ether oxygens (including phenoxy) is 2. The predicted octanol–water partition coefficient (Wildman–Crippen LogP) is 5.09. The summed E-state index contributed by atoms with van der Waals surface area (Å²) >= 11 is 12.1. The molecule has 1 aliphatic rings. The fourth-order valence-electron chi connectivity index (χ4n) is 2.99. The third kappa shape index (κ3) is 4.44. The van der Waals surface area contributed by atoms with Crippen LogP contribution in [0, 0.1) is 0 Å². The SMILES string of the molecule is COc1cc(C(=S)N2CCCCC2)cc(Cl)c1OCc1ccccc1. The number of hydrogen-bond acceptors (Lipinski definition) is 3. The highest BCUT2D eigenvalue weighted by atomic mass is 35.5. The molecule has 0 spiro atoms. The van der Waals surface area contributed by atoms with Crippen molar-refractivity contribution in [2.24, 2.45) is 0 Å². The molecule has 1 fully saturated rings. The molecule has 132 valence electrons. The topological polar surface area (TPSA) is 21.7 Å². The number of benzene rings is 2. The fraction of sp³-hybridized carbons (Fsp3) is 0.350. The lowest BCUT2D eigenvalue weighted by molar-refractivity contribution is 0.284. The zero-order valence-corrected chi connectivity index (χ0v) is 15.9. The van der Waals surface area contributed by atoms with E-state index in [0.717, 1.165) is 29.2 Å². The van der Waals surface area contributed by atoms with E-state index in [1.807, 2.05) is 42.5 Å². The Morgan fingerprint density at radius 2 is 1.84 bits per heavy atom. The molecule has 1 aliphatic heterocycles. The van der Waals surface area contributed by atoms with Crippen LogP contribution in [-0.4, -0.2) is 30.1 Å². The first kappa shape index (κ1) is 18.0. The van der Waals surface area contributed by atoms with E-state index in [1.165, 1.54) is 19.3 Å². The molecule has 0 amide bonds. The summed E-state index contributed by atoms with van der Waals surface area (Å²) in [6, 6.07) is 13.8. The maximum Gasteiger partial charge on any atom is 0.180 e. The summed E-state index contributed by atoms with van der Waals surface area (Å²) in [7, 11) is 1.62. The summed E-state index contributed by atoms with van der Waals surface area (Å²) in [6.07, 6.45) is 3.64. The lowest BCUT2D eigenvalue weighted by atomic mass is 10.1. The summed E-state index contributed by atoms with van der Waals surface area (Å²) in [6.45, 7) is 2.45. The summed E-state index contributed by atoms with van der Waals surface area (Å²) < 4.78 is 11.4. The van der Waals surface area contributed by atoms with Gasteiger partial charge in [0.05, 0.1) is 12.1 Å². The van der Waals surface area contributed by atoms with Crippen molar-refractivity contribution in [2.45, 2.75) is 25.9 Å². The second-order valence-corrected chi connectivity index (χ2v) is 6.91. The fourth-order valence-corrected chi connectivity index (χ4v) is 3.56. The van der Waals surface area contributed by atoms with Crippen molar-refractivity contribution in [3.63, 3.8) is 0 Å². The average molecular weight is 376 g/mol. The minimum Gasteiger partial charge on any atom is -0.493 e. The number of methoxy groups -OCH3 is 1. The van der Waals surface area contributed by atoms with Crippen molar-refractivity contribution in [3.05, 3.63) is 58.6 Å². The van der Waals surface area contributed by atoms with Crippen LogP contribution in [0.15, 0.2) is 42.5 Å². The van der Waals surface area contributed by atoms with E-state index in [4.69, 9.17) is 33.3 Å². The molecule has 0 N–H and O–H groups in total. The number of piperidine rings is 1. The van der Waals surface area contributed by atoms with Gasteiger partial charge in [0.1, 0.15) is 11.6 Å². The van der Waals surface area contributed by atoms with Gasteiger partial charge in [-0.05, 0) is 37.0 Å². The number of likely N-dealkylation sites (tertiary alicyclic amines) is 1. The van der Waals surface area contributed by atoms with E-state index in [1.54, 1.807) is 7.11 Å². The number of rotatable bonds is 5. The van der Waals surface area contributed by atoms with Crippen molar-refractivity contribution in [3.8, 4) is 11.5 Å². The normalized spacial score (nSPS) is 14.2. The Bertz CT molecular complexity index is 730. The number of nitrogens with zero attached hydrogens (tertiary/aromatic N) is 1. The van der Waals surface area contributed by atoms with E-state index in [9.17, 15) is 0 Å². The first-order chi connectivity index (χ1) is 12.2. The van der Waals surface area contributed by atoms with Crippen LogP contribution in [0.2, 0.25) is 5.02 Å². The quantitative estimate of drug-likeness (QED) is 0.678. The van der Waals surface area contributed by atoms with Gasteiger partial charge in [-0.3, -0.25) is 0 Å². The van der Waals surface area contributed by atoms with Gasteiger partial charge in [0.15, 0.2) is 11.5 Å². The molecular weight excluding hydrogens is 354 g/mol. The molecular formula is C20H22ClNO2S. The molecule has 0 bridgehead atoms. The summed E-state index contributed by atoms with van der Waals surface area (Å²) in [5, 5.41) is 0.518. The second kappa shape index (κ2) is 8.54. The molecule has 2 aromatic carbocycles. The van der Waals surface area contributed by atoms with Gasteiger partial charge < -0.3 is 14.4 Å². The summed E-state index contributed by atoms with van der Waals surface area (Å²) in [5.74, 6) is 1.16. The van der Waals surface area contributed by atoms with Crippen molar-refractivity contribution in [1.29, 1.82) is 0 Å². The van der Waals surface area contributed by atoms with Crippen LogP contribution in [0.4, 0.5) is 0 Å². The molecule has 1 saturated heterocycles. The van der Waals surface area contributed by atoms with E-state index in [-0.39, 0.29) is 0 Å². The molecule has 25 heavy (non-hydrogen) atoms. The third-order valence-electron chi connectivity index (χ3n) is 4.35. The molecule has 0 atom stereocenters. The van der Waals surface area contributed by atoms with Gasteiger partial charge in [-0.25, -0.2) is 0 Å². The largest absolute Gasteiger partial charge is 0.493 e. The summed E-state index contributed by atoms with van der Waals surface area (Å²) in [4.78, 5) is 3.07. The molecule has 1 heterocycles. The molecule has 3 nitrogen and oxygen atoms in total. The Hall–Kier alpha value is -1.78. The van der Waals surface area contributed by atoms with Crippen LogP contribution in [0.5, 0.6) is 11.5 Å². The average Bonchev–Trinajstić information content (AvgIpc) is 2.67. The van der Waals surface area contributed by atoms with Gasteiger partial charge >= 0.3 is 0 Å². The Balaban J connectivity index is 1.79. The predicted molar refractivity (Wildman–Crippen MR) is 106 cm³/mol. The van der Waals surface area contributed by atoms with Gasteiger partial charge in [-0.1, -0.05) is 54.2 Å². The van der Waals surface area contributed by atoms with Crippen molar-refractivity contribution >= 4 is 28.8 Å². The lowest BCUT2D eigenvalue weighted by Crippen LogP contribution is -2.34. The Labute approximate surface area is 159 Å². The second-order valence-electron chi connectivity index (χ2n) is 6.12. The monoisotopic (exact) mass is 375 g/mol. The maximum atomic E-state index is 6.48. The van der Waals surface area contributed by atoms with E-state index >= 15 is 0 Å². The van der Waals surface area contributed by atoms with Gasteiger partial charge in [0.2, 0.25) is 0 Å². The highest BCUT2D eigenvalue weighted by molar-refractivity contribution is 7.80. The third-order valence-corrected chi connectivity index (χ3v) is 5.12. The summed E-state index contributed by atoms with van der Waals surface area (Å²) in [5.41, 5.74) is 1.99. The van der Waals surface area contributed by atoms with Crippen LogP contribution in [-0.2, 0) is 6.61 Å². The van der Waals surface area contributed by atoms with E-state index in [0.29, 0.717) is 23.1 Å². The molecule has 5 heteroatoms.